The van der Waals surface area contributed by atoms with Gasteiger partial charge in [-0.1, -0.05) is 27.7 Å². The van der Waals surface area contributed by atoms with E-state index in [0.717, 1.165) is 12.8 Å². The Balaban J connectivity index is 2.65. The predicted octanol–water partition coefficient (Wildman–Crippen LogP) is 2.04. The Morgan fingerprint density at radius 2 is 2.00 bits per heavy atom. The highest BCUT2D eigenvalue weighted by molar-refractivity contribution is 5.78. The van der Waals surface area contributed by atoms with Crippen molar-refractivity contribution in [1.29, 1.82) is 0 Å². The summed E-state index contributed by atoms with van der Waals surface area (Å²) < 4.78 is 0. The minimum absolute atomic E-state index is 0.158. The standard InChI is InChI=1S/C13H25NO2/c1-5-10(6-2)12(16)14-8-7-11(15)13(3,4)9-14/h10-11,15H,5-9H2,1-4H3. The highest BCUT2D eigenvalue weighted by Crippen LogP contribution is 2.30. The average Bonchev–Trinajstić information content (AvgIpc) is 2.23. The lowest BCUT2D eigenvalue weighted by molar-refractivity contribution is -0.142. The highest BCUT2D eigenvalue weighted by atomic mass is 16.3. The molecule has 1 heterocycles. The smallest absolute Gasteiger partial charge is 0.225 e. The summed E-state index contributed by atoms with van der Waals surface area (Å²) >= 11 is 0. The van der Waals surface area contributed by atoms with Crippen LogP contribution >= 0.6 is 0 Å². The molecule has 1 saturated heterocycles. The van der Waals surface area contributed by atoms with Crippen LogP contribution in [-0.4, -0.2) is 35.1 Å². The van der Waals surface area contributed by atoms with E-state index in [2.05, 4.69) is 13.8 Å². The van der Waals surface area contributed by atoms with Gasteiger partial charge in [-0.2, -0.15) is 0 Å². The van der Waals surface area contributed by atoms with E-state index in [1.165, 1.54) is 0 Å². The Kier molecular flexibility index (Phi) is 4.36. The first kappa shape index (κ1) is 13.5. The van der Waals surface area contributed by atoms with E-state index in [0.29, 0.717) is 19.5 Å². The summed E-state index contributed by atoms with van der Waals surface area (Å²) in [7, 11) is 0. The van der Waals surface area contributed by atoms with Gasteiger partial charge in [-0.05, 0) is 19.3 Å². The molecule has 1 aliphatic heterocycles. The maximum absolute atomic E-state index is 12.2. The first-order chi connectivity index (χ1) is 7.42. The molecular formula is C13H25NO2. The van der Waals surface area contributed by atoms with E-state index in [-0.39, 0.29) is 23.3 Å². The summed E-state index contributed by atoms with van der Waals surface area (Å²) in [4.78, 5) is 14.1. The molecule has 3 heteroatoms. The average molecular weight is 227 g/mol. The van der Waals surface area contributed by atoms with Crippen LogP contribution in [0.3, 0.4) is 0 Å². The van der Waals surface area contributed by atoms with E-state index in [1.54, 1.807) is 0 Å². The van der Waals surface area contributed by atoms with E-state index >= 15 is 0 Å². The van der Waals surface area contributed by atoms with Crippen molar-refractivity contribution in [3.05, 3.63) is 0 Å². The van der Waals surface area contributed by atoms with Crippen LogP contribution in [0.5, 0.6) is 0 Å². The van der Waals surface area contributed by atoms with Crippen molar-refractivity contribution >= 4 is 5.91 Å². The van der Waals surface area contributed by atoms with Crippen LogP contribution < -0.4 is 0 Å². The number of aliphatic hydroxyl groups is 1. The Bertz CT molecular complexity index is 246. The molecular weight excluding hydrogens is 202 g/mol. The topological polar surface area (TPSA) is 40.5 Å². The van der Waals surface area contributed by atoms with Crippen LogP contribution in [0.2, 0.25) is 0 Å². The molecule has 0 aromatic heterocycles. The normalized spacial score (nSPS) is 24.9. The van der Waals surface area contributed by atoms with Crippen molar-refractivity contribution < 1.29 is 9.90 Å². The summed E-state index contributed by atoms with van der Waals surface area (Å²) in [6.45, 7) is 9.59. The first-order valence-electron chi connectivity index (χ1n) is 6.39. The molecule has 1 amide bonds. The van der Waals surface area contributed by atoms with Gasteiger partial charge in [-0.15, -0.1) is 0 Å². The first-order valence-corrected chi connectivity index (χ1v) is 6.39. The van der Waals surface area contributed by atoms with Crippen LogP contribution in [-0.2, 0) is 4.79 Å². The molecule has 1 rings (SSSR count). The molecule has 0 aliphatic carbocycles. The van der Waals surface area contributed by atoms with E-state index < -0.39 is 0 Å². The quantitative estimate of drug-likeness (QED) is 0.801. The monoisotopic (exact) mass is 227 g/mol. The Labute approximate surface area is 98.8 Å². The minimum atomic E-state index is -0.279. The SMILES string of the molecule is CCC(CC)C(=O)N1CCC(O)C(C)(C)C1. The van der Waals surface area contributed by atoms with Gasteiger partial charge in [0.15, 0.2) is 0 Å². The van der Waals surface area contributed by atoms with Gasteiger partial charge in [0.1, 0.15) is 0 Å². The minimum Gasteiger partial charge on any atom is -0.392 e. The summed E-state index contributed by atoms with van der Waals surface area (Å²) in [5.41, 5.74) is -0.167. The molecule has 1 aliphatic rings. The van der Waals surface area contributed by atoms with Gasteiger partial charge in [-0.3, -0.25) is 4.79 Å². The van der Waals surface area contributed by atoms with Crippen LogP contribution in [0.1, 0.15) is 47.0 Å². The van der Waals surface area contributed by atoms with E-state index in [4.69, 9.17) is 0 Å². The molecule has 94 valence electrons. The molecule has 0 radical (unpaired) electrons. The van der Waals surface area contributed by atoms with Crippen LogP contribution in [0.25, 0.3) is 0 Å². The number of carbonyl (C=O) groups is 1. The molecule has 0 aromatic rings. The van der Waals surface area contributed by atoms with E-state index in [1.807, 2.05) is 18.7 Å². The number of nitrogens with zero attached hydrogens (tertiary/aromatic N) is 1. The molecule has 0 bridgehead atoms. The van der Waals surface area contributed by atoms with Crippen LogP contribution in [0, 0.1) is 11.3 Å². The van der Waals surface area contributed by atoms with E-state index in [9.17, 15) is 9.90 Å². The van der Waals surface area contributed by atoms with Gasteiger partial charge < -0.3 is 10.0 Å². The van der Waals surface area contributed by atoms with Gasteiger partial charge in [0.2, 0.25) is 5.91 Å². The number of likely N-dealkylation sites (tertiary alicyclic amines) is 1. The van der Waals surface area contributed by atoms with Gasteiger partial charge in [0, 0.05) is 24.4 Å². The Morgan fingerprint density at radius 3 is 2.44 bits per heavy atom. The fraction of sp³-hybridized carbons (Fsp3) is 0.923. The summed E-state index contributed by atoms with van der Waals surface area (Å²) in [5.74, 6) is 0.427. The number of piperidine rings is 1. The molecule has 1 N–H and O–H groups in total. The third-order valence-electron chi connectivity index (χ3n) is 3.82. The molecule has 0 aromatic carbocycles. The lowest BCUT2D eigenvalue weighted by Crippen LogP contribution is -2.52. The van der Waals surface area contributed by atoms with Crippen LogP contribution in [0.15, 0.2) is 0 Å². The second kappa shape index (κ2) is 5.17. The van der Waals surface area contributed by atoms with Crippen molar-refractivity contribution in [2.45, 2.75) is 53.1 Å². The largest absolute Gasteiger partial charge is 0.392 e. The number of rotatable bonds is 3. The second-order valence-electron chi connectivity index (χ2n) is 5.57. The molecule has 0 spiro atoms. The third kappa shape index (κ3) is 2.76. The van der Waals surface area contributed by atoms with Gasteiger partial charge in [0.05, 0.1) is 6.10 Å². The van der Waals surface area contributed by atoms with Crippen molar-refractivity contribution in [1.82, 2.24) is 4.90 Å². The fourth-order valence-electron chi connectivity index (χ4n) is 2.43. The summed E-state index contributed by atoms with van der Waals surface area (Å²) in [6.07, 6.45) is 2.25. The fourth-order valence-corrected chi connectivity index (χ4v) is 2.43. The zero-order valence-corrected chi connectivity index (χ0v) is 11.0. The van der Waals surface area contributed by atoms with Crippen molar-refractivity contribution in [2.24, 2.45) is 11.3 Å². The number of carbonyl (C=O) groups excluding carboxylic acids is 1. The van der Waals surface area contributed by atoms with Crippen molar-refractivity contribution in [2.75, 3.05) is 13.1 Å². The Morgan fingerprint density at radius 1 is 1.44 bits per heavy atom. The zero-order valence-electron chi connectivity index (χ0n) is 11.0. The lowest BCUT2D eigenvalue weighted by Gasteiger charge is -2.42. The van der Waals surface area contributed by atoms with Crippen molar-refractivity contribution in [3.63, 3.8) is 0 Å². The number of aliphatic hydroxyl groups excluding tert-OH is 1. The van der Waals surface area contributed by atoms with Gasteiger partial charge in [-0.25, -0.2) is 0 Å². The zero-order chi connectivity index (χ0) is 12.3. The molecule has 1 fully saturated rings. The summed E-state index contributed by atoms with van der Waals surface area (Å²) in [5, 5.41) is 9.85. The maximum atomic E-state index is 12.2. The molecule has 16 heavy (non-hydrogen) atoms. The number of amides is 1. The summed E-state index contributed by atoms with van der Waals surface area (Å²) in [6, 6.07) is 0. The second-order valence-corrected chi connectivity index (χ2v) is 5.57. The number of hydrogen-bond acceptors (Lipinski definition) is 2. The molecule has 3 nitrogen and oxygen atoms in total. The number of hydrogen-bond donors (Lipinski definition) is 1. The maximum Gasteiger partial charge on any atom is 0.225 e. The van der Waals surface area contributed by atoms with Crippen molar-refractivity contribution in [3.8, 4) is 0 Å². The molecule has 1 atom stereocenters. The molecule has 0 saturated carbocycles. The van der Waals surface area contributed by atoms with Crippen LogP contribution in [0.4, 0.5) is 0 Å². The Hall–Kier alpha value is -0.570. The predicted molar refractivity (Wildman–Crippen MR) is 65.1 cm³/mol. The third-order valence-corrected chi connectivity index (χ3v) is 3.82. The highest BCUT2D eigenvalue weighted by Gasteiger charge is 2.37. The van der Waals surface area contributed by atoms with Gasteiger partial charge in [0.25, 0.3) is 0 Å². The lowest BCUT2D eigenvalue weighted by atomic mass is 9.80. The molecule has 1 unspecified atom stereocenters. The van der Waals surface area contributed by atoms with Gasteiger partial charge >= 0.3 is 0 Å².